The first kappa shape index (κ1) is 18.2. The van der Waals surface area contributed by atoms with Gasteiger partial charge in [-0.25, -0.2) is 0 Å². The Morgan fingerprint density at radius 1 is 1.14 bits per heavy atom. The van der Waals surface area contributed by atoms with Gasteiger partial charge in [-0.3, -0.25) is 9.59 Å². The number of carbonyl (C=O) groups excluding carboxylic acids is 2. The molecule has 0 aliphatic rings. The van der Waals surface area contributed by atoms with Crippen molar-refractivity contribution >= 4 is 11.8 Å². The van der Waals surface area contributed by atoms with Crippen LogP contribution in [0.15, 0.2) is 24.3 Å². The Hall–Kier alpha value is -1.88. The maximum Gasteiger partial charge on any atom is 0.252 e. The maximum absolute atomic E-state index is 12.4. The highest BCUT2D eigenvalue weighted by molar-refractivity contribution is 5.98. The van der Waals surface area contributed by atoms with Gasteiger partial charge in [0, 0.05) is 18.7 Å². The first-order chi connectivity index (χ1) is 10.5. The van der Waals surface area contributed by atoms with Crippen LogP contribution < -0.4 is 16.0 Å². The molecule has 2 amide bonds. The molecule has 1 aromatic carbocycles. The third-order valence-electron chi connectivity index (χ3n) is 3.39. The quantitative estimate of drug-likeness (QED) is 0.637. The molecule has 0 saturated carbocycles. The Kier molecular flexibility index (Phi) is 7.60. The first-order valence-electron chi connectivity index (χ1n) is 7.74. The second kappa shape index (κ2) is 9.20. The van der Waals surface area contributed by atoms with Crippen LogP contribution in [-0.2, 0) is 4.79 Å². The van der Waals surface area contributed by atoms with Crippen LogP contribution in [0.5, 0.6) is 0 Å². The summed E-state index contributed by atoms with van der Waals surface area (Å²) in [4.78, 5) is 24.6. The molecule has 0 aliphatic carbocycles. The van der Waals surface area contributed by atoms with Gasteiger partial charge in [0.15, 0.2) is 0 Å². The molecule has 22 heavy (non-hydrogen) atoms. The Morgan fingerprint density at radius 2 is 1.82 bits per heavy atom. The van der Waals surface area contributed by atoms with Crippen molar-refractivity contribution in [3.63, 3.8) is 0 Å². The normalized spacial score (nSPS) is 12.0. The van der Waals surface area contributed by atoms with Gasteiger partial charge < -0.3 is 16.0 Å². The number of hydrogen-bond donors (Lipinski definition) is 3. The van der Waals surface area contributed by atoms with E-state index in [1.165, 1.54) is 0 Å². The zero-order chi connectivity index (χ0) is 16.5. The molecule has 1 rings (SSSR count). The second-order valence-electron chi connectivity index (χ2n) is 5.87. The summed E-state index contributed by atoms with van der Waals surface area (Å²) in [5, 5.41) is 8.68. The van der Waals surface area contributed by atoms with Crippen LogP contribution in [0.1, 0.15) is 36.2 Å². The lowest BCUT2D eigenvalue weighted by Crippen LogP contribution is -2.48. The van der Waals surface area contributed by atoms with Crippen molar-refractivity contribution in [3.05, 3.63) is 35.4 Å². The minimum Gasteiger partial charge on any atom is -0.353 e. The molecule has 0 heterocycles. The molecule has 0 bridgehead atoms. The van der Waals surface area contributed by atoms with E-state index in [1.54, 1.807) is 6.07 Å². The van der Waals surface area contributed by atoms with Gasteiger partial charge >= 0.3 is 0 Å². The molecular weight excluding hydrogens is 278 g/mol. The standard InChI is InChI=1S/C17H27N3O2/c1-12(2)11-15(17(22)19-10-9-18-4)20-16(21)14-8-6-5-7-13(14)3/h5-8,12,15,18H,9-11H2,1-4H3,(H,19,22)(H,20,21). The van der Waals surface area contributed by atoms with E-state index in [2.05, 4.69) is 16.0 Å². The minimum absolute atomic E-state index is 0.133. The van der Waals surface area contributed by atoms with Crippen LogP contribution in [0.2, 0.25) is 0 Å². The minimum atomic E-state index is -0.510. The number of rotatable bonds is 8. The van der Waals surface area contributed by atoms with Crippen molar-refractivity contribution in [2.24, 2.45) is 5.92 Å². The highest BCUT2D eigenvalue weighted by atomic mass is 16.2. The molecule has 1 atom stereocenters. The highest BCUT2D eigenvalue weighted by Gasteiger charge is 2.22. The molecule has 5 nitrogen and oxygen atoms in total. The number of nitrogens with one attached hydrogen (secondary N) is 3. The SMILES string of the molecule is CNCCNC(=O)C(CC(C)C)NC(=O)c1ccccc1C. The van der Waals surface area contributed by atoms with Crippen molar-refractivity contribution < 1.29 is 9.59 Å². The molecule has 1 aromatic rings. The van der Waals surface area contributed by atoms with Gasteiger partial charge in [0.25, 0.3) is 5.91 Å². The van der Waals surface area contributed by atoms with E-state index in [9.17, 15) is 9.59 Å². The lowest BCUT2D eigenvalue weighted by Gasteiger charge is -2.20. The van der Waals surface area contributed by atoms with Gasteiger partial charge in [0.1, 0.15) is 6.04 Å². The van der Waals surface area contributed by atoms with E-state index in [0.29, 0.717) is 31.0 Å². The van der Waals surface area contributed by atoms with Crippen LogP contribution in [0.4, 0.5) is 0 Å². The third kappa shape index (κ3) is 5.85. The maximum atomic E-state index is 12.4. The topological polar surface area (TPSA) is 70.2 Å². The number of hydrogen-bond acceptors (Lipinski definition) is 3. The van der Waals surface area contributed by atoms with Crippen LogP contribution in [0, 0.1) is 12.8 Å². The molecular formula is C17H27N3O2. The van der Waals surface area contributed by atoms with Crippen molar-refractivity contribution in [1.29, 1.82) is 0 Å². The predicted molar refractivity (Wildman–Crippen MR) is 88.8 cm³/mol. The molecule has 0 spiro atoms. The van der Waals surface area contributed by atoms with E-state index in [0.717, 1.165) is 5.56 Å². The number of amides is 2. The summed E-state index contributed by atoms with van der Waals surface area (Å²) in [6.45, 7) is 7.21. The van der Waals surface area contributed by atoms with E-state index < -0.39 is 6.04 Å². The smallest absolute Gasteiger partial charge is 0.252 e. The van der Waals surface area contributed by atoms with E-state index in [4.69, 9.17) is 0 Å². The average molecular weight is 305 g/mol. The molecule has 0 saturated heterocycles. The van der Waals surface area contributed by atoms with E-state index in [-0.39, 0.29) is 11.8 Å². The lowest BCUT2D eigenvalue weighted by molar-refractivity contribution is -0.123. The number of likely N-dealkylation sites (N-methyl/N-ethyl adjacent to an activating group) is 1. The van der Waals surface area contributed by atoms with Gasteiger partial charge in [-0.1, -0.05) is 32.0 Å². The predicted octanol–water partition coefficient (Wildman–Crippen LogP) is 1.48. The molecule has 5 heteroatoms. The van der Waals surface area contributed by atoms with Crippen LogP contribution >= 0.6 is 0 Å². The second-order valence-corrected chi connectivity index (χ2v) is 5.87. The fourth-order valence-corrected chi connectivity index (χ4v) is 2.20. The third-order valence-corrected chi connectivity index (χ3v) is 3.39. The van der Waals surface area contributed by atoms with Gasteiger partial charge in [0.05, 0.1) is 0 Å². The van der Waals surface area contributed by atoms with Crippen molar-refractivity contribution in [2.75, 3.05) is 20.1 Å². The molecule has 0 aliphatic heterocycles. The van der Waals surface area contributed by atoms with Crippen molar-refractivity contribution in [2.45, 2.75) is 33.2 Å². The monoisotopic (exact) mass is 305 g/mol. The summed E-state index contributed by atoms with van der Waals surface area (Å²) in [5.74, 6) is -0.0179. The summed E-state index contributed by atoms with van der Waals surface area (Å²) in [6, 6.07) is 6.87. The van der Waals surface area contributed by atoms with Gasteiger partial charge in [-0.05, 0) is 37.9 Å². The van der Waals surface area contributed by atoms with Crippen LogP contribution in [0.3, 0.4) is 0 Å². The van der Waals surface area contributed by atoms with Gasteiger partial charge in [-0.2, -0.15) is 0 Å². The summed E-state index contributed by atoms with van der Waals surface area (Å²) >= 11 is 0. The lowest BCUT2D eigenvalue weighted by atomic mass is 10.0. The van der Waals surface area contributed by atoms with Crippen LogP contribution in [0.25, 0.3) is 0 Å². The molecule has 3 N–H and O–H groups in total. The number of aryl methyl sites for hydroxylation is 1. The number of benzene rings is 1. The van der Waals surface area contributed by atoms with Crippen molar-refractivity contribution in [1.82, 2.24) is 16.0 Å². The largest absolute Gasteiger partial charge is 0.353 e. The number of carbonyl (C=O) groups is 2. The van der Waals surface area contributed by atoms with Crippen molar-refractivity contribution in [3.8, 4) is 0 Å². The van der Waals surface area contributed by atoms with Gasteiger partial charge in [0.2, 0.25) is 5.91 Å². The Morgan fingerprint density at radius 3 is 2.41 bits per heavy atom. The van der Waals surface area contributed by atoms with Gasteiger partial charge in [-0.15, -0.1) is 0 Å². The van der Waals surface area contributed by atoms with E-state index >= 15 is 0 Å². The van der Waals surface area contributed by atoms with Crippen LogP contribution in [-0.4, -0.2) is 38.0 Å². The summed E-state index contributed by atoms with van der Waals surface area (Å²) in [7, 11) is 1.83. The molecule has 1 unspecified atom stereocenters. The first-order valence-corrected chi connectivity index (χ1v) is 7.74. The average Bonchev–Trinajstić information content (AvgIpc) is 2.46. The molecule has 0 aromatic heterocycles. The summed E-state index contributed by atoms with van der Waals surface area (Å²) in [5.41, 5.74) is 1.51. The summed E-state index contributed by atoms with van der Waals surface area (Å²) in [6.07, 6.45) is 0.614. The Bertz CT molecular complexity index is 500. The molecule has 0 radical (unpaired) electrons. The summed E-state index contributed by atoms with van der Waals surface area (Å²) < 4.78 is 0. The van der Waals surface area contributed by atoms with E-state index in [1.807, 2.05) is 46.0 Å². The molecule has 0 fully saturated rings. The fraction of sp³-hybridized carbons (Fsp3) is 0.529. The Balaban J connectivity index is 2.74. The molecule has 122 valence electrons. The zero-order valence-electron chi connectivity index (χ0n) is 13.9. The highest BCUT2D eigenvalue weighted by Crippen LogP contribution is 2.10. The fourth-order valence-electron chi connectivity index (χ4n) is 2.20. The Labute approximate surface area is 132 Å². The zero-order valence-corrected chi connectivity index (χ0v) is 13.9.